The van der Waals surface area contributed by atoms with Crippen LogP contribution in [0.3, 0.4) is 0 Å². The zero-order valence-electron chi connectivity index (χ0n) is 12.1. The topological polar surface area (TPSA) is 64.6 Å². The van der Waals surface area contributed by atoms with Crippen molar-refractivity contribution in [3.05, 3.63) is 14.2 Å². The minimum absolute atomic E-state index is 0.0756. The molecule has 5 nitrogen and oxygen atoms in total. The van der Waals surface area contributed by atoms with E-state index in [0.717, 1.165) is 4.88 Å². The number of esters is 1. The third-order valence-corrected chi connectivity index (χ3v) is 5.09. The Morgan fingerprint density at radius 2 is 1.90 bits per heavy atom. The highest BCUT2D eigenvalue weighted by atomic mass is 79.9. The van der Waals surface area contributed by atoms with Gasteiger partial charge in [0.15, 0.2) is 0 Å². The molecule has 0 saturated carbocycles. The van der Waals surface area contributed by atoms with Gasteiger partial charge in [-0.05, 0) is 21.3 Å². The molecule has 0 fully saturated rings. The number of rotatable bonds is 4. The molecule has 0 aromatic carbocycles. The largest absolute Gasteiger partial charge is 0.465 e. The van der Waals surface area contributed by atoms with Crippen LogP contribution in [0.2, 0.25) is 0 Å². The number of thiophene rings is 1. The van der Waals surface area contributed by atoms with Gasteiger partial charge in [0, 0.05) is 12.0 Å². The minimum Gasteiger partial charge on any atom is -0.465 e. The fourth-order valence-corrected chi connectivity index (χ4v) is 3.94. The monoisotopic (exact) mass is 363 g/mol. The number of halogens is 1. The van der Waals surface area contributed by atoms with Gasteiger partial charge in [0.2, 0.25) is 5.91 Å². The van der Waals surface area contributed by atoms with Gasteiger partial charge in [0.1, 0.15) is 11.5 Å². The number of nitrogens with one attached hydrogen (secondary N) is 1. The smallest absolute Gasteiger partial charge is 0.350 e. The van der Waals surface area contributed by atoms with E-state index in [4.69, 9.17) is 9.47 Å². The van der Waals surface area contributed by atoms with Gasteiger partial charge in [-0.3, -0.25) is 4.79 Å². The first-order chi connectivity index (χ1) is 9.22. The molecule has 0 unspecified atom stereocenters. The van der Waals surface area contributed by atoms with Gasteiger partial charge in [-0.1, -0.05) is 20.8 Å². The Labute approximate surface area is 130 Å². The van der Waals surface area contributed by atoms with Crippen LogP contribution >= 0.6 is 27.3 Å². The summed E-state index contributed by atoms with van der Waals surface area (Å²) in [5.74, 6) is -0.796. The molecule has 1 heterocycles. The standard InChI is InChI=1S/C13H18BrNO4S/c1-13(2,3)11-8(14)9(15-7(16)6-18-4)10(20-11)12(17)19-5/h6H2,1-5H3,(H,15,16). The number of hydrogen-bond donors (Lipinski definition) is 1. The molecule has 0 aliphatic heterocycles. The maximum absolute atomic E-state index is 11.9. The maximum Gasteiger partial charge on any atom is 0.350 e. The quantitative estimate of drug-likeness (QED) is 0.834. The van der Waals surface area contributed by atoms with Crippen LogP contribution in [0, 0.1) is 0 Å². The first kappa shape index (κ1) is 17.1. The molecular formula is C13H18BrNO4S. The van der Waals surface area contributed by atoms with Crippen molar-refractivity contribution in [1.82, 2.24) is 0 Å². The van der Waals surface area contributed by atoms with E-state index >= 15 is 0 Å². The molecule has 1 N–H and O–H groups in total. The Hall–Kier alpha value is -0.920. The maximum atomic E-state index is 11.9. The lowest BCUT2D eigenvalue weighted by Crippen LogP contribution is -2.19. The fraction of sp³-hybridized carbons (Fsp3) is 0.538. The Balaban J connectivity index is 3.28. The minimum atomic E-state index is -0.473. The van der Waals surface area contributed by atoms with Gasteiger partial charge in [0.25, 0.3) is 0 Å². The second-order valence-electron chi connectivity index (χ2n) is 5.17. The van der Waals surface area contributed by atoms with E-state index < -0.39 is 5.97 Å². The molecule has 0 aliphatic carbocycles. The van der Waals surface area contributed by atoms with Crippen LogP contribution < -0.4 is 5.32 Å². The molecule has 1 aromatic heterocycles. The van der Waals surface area contributed by atoms with Crippen molar-refractivity contribution in [2.45, 2.75) is 26.2 Å². The zero-order valence-corrected chi connectivity index (χ0v) is 14.5. The summed E-state index contributed by atoms with van der Waals surface area (Å²) in [6.07, 6.45) is 0. The van der Waals surface area contributed by atoms with E-state index in [-0.39, 0.29) is 17.9 Å². The molecule has 1 aromatic rings. The van der Waals surface area contributed by atoms with Crippen molar-refractivity contribution in [2.24, 2.45) is 0 Å². The van der Waals surface area contributed by atoms with Crippen LogP contribution in [0.15, 0.2) is 4.47 Å². The van der Waals surface area contributed by atoms with Crippen LogP contribution in [0.25, 0.3) is 0 Å². The molecule has 1 amide bonds. The lowest BCUT2D eigenvalue weighted by Gasteiger charge is -2.17. The molecule has 0 atom stereocenters. The van der Waals surface area contributed by atoms with E-state index in [2.05, 4.69) is 21.2 Å². The number of amides is 1. The highest BCUT2D eigenvalue weighted by Crippen LogP contribution is 2.44. The average molecular weight is 364 g/mol. The highest BCUT2D eigenvalue weighted by molar-refractivity contribution is 9.10. The van der Waals surface area contributed by atoms with E-state index in [1.165, 1.54) is 25.6 Å². The van der Waals surface area contributed by atoms with Gasteiger partial charge in [0.05, 0.1) is 17.3 Å². The molecule has 0 saturated heterocycles. The molecule has 1 rings (SSSR count). The Morgan fingerprint density at radius 3 is 2.35 bits per heavy atom. The highest BCUT2D eigenvalue weighted by Gasteiger charge is 2.29. The molecule has 112 valence electrons. The molecule has 7 heteroatoms. The van der Waals surface area contributed by atoms with Gasteiger partial charge in [-0.15, -0.1) is 11.3 Å². The van der Waals surface area contributed by atoms with Crippen LogP contribution in [-0.4, -0.2) is 32.7 Å². The van der Waals surface area contributed by atoms with Gasteiger partial charge < -0.3 is 14.8 Å². The number of carbonyl (C=O) groups excluding carboxylic acids is 2. The number of anilines is 1. The summed E-state index contributed by atoms with van der Waals surface area (Å²) in [4.78, 5) is 24.9. The second-order valence-corrected chi connectivity index (χ2v) is 6.99. The van der Waals surface area contributed by atoms with Crippen molar-refractivity contribution < 1.29 is 19.1 Å². The summed E-state index contributed by atoms with van der Waals surface area (Å²) in [5.41, 5.74) is 0.282. The van der Waals surface area contributed by atoms with Crippen molar-refractivity contribution in [2.75, 3.05) is 26.1 Å². The van der Waals surface area contributed by atoms with E-state index in [1.54, 1.807) is 0 Å². The fourth-order valence-electron chi connectivity index (χ4n) is 1.55. The summed E-state index contributed by atoms with van der Waals surface area (Å²) in [6, 6.07) is 0. The second kappa shape index (κ2) is 6.69. The normalized spacial score (nSPS) is 11.3. The third-order valence-electron chi connectivity index (χ3n) is 2.44. The first-order valence-electron chi connectivity index (χ1n) is 5.92. The predicted octanol–water partition coefficient (Wildman–Crippen LogP) is 3.18. The summed E-state index contributed by atoms with van der Waals surface area (Å²) >= 11 is 4.77. The first-order valence-corrected chi connectivity index (χ1v) is 7.53. The van der Waals surface area contributed by atoms with E-state index in [9.17, 15) is 9.59 Å². The van der Waals surface area contributed by atoms with Gasteiger partial charge in [-0.25, -0.2) is 4.79 Å². The van der Waals surface area contributed by atoms with Crippen molar-refractivity contribution >= 4 is 44.8 Å². The van der Waals surface area contributed by atoms with Crippen molar-refractivity contribution in [1.29, 1.82) is 0 Å². The van der Waals surface area contributed by atoms with Crippen LogP contribution in [-0.2, 0) is 19.7 Å². The predicted molar refractivity (Wildman–Crippen MR) is 82.6 cm³/mol. The molecule has 0 bridgehead atoms. The molecule has 20 heavy (non-hydrogen) atoms. The molecule has 0 radical (unpaired) electrons. The Bertz CT molecular complexity index is 519. The number of ether oxygens (including phenoxy) is 2. The number of methoxy groups -OCH3 is 2. The molecule has 0 aliphatic rings. The SMILES string of the molecule is COCC(=O)Nc1c(C(=O)OC)sc(C(C)(C)C)c1Br. The van der Waals surface area contributed by atoms with Crippen molar-refractivity contribution in [3.8, 4) is 0 Å². The van der Waals surface area contributed by atoms with Gasteiger partial charge >= 0.3 is 5.97 Å². The Morgan fingerprint density at radius 1 is 1.30 bits per heavy atom. The van der Waals surface area contributed by atoms with Crippen molar-refractivity contribution in [3.63, 3.8) is 0 Å². The average Bonchev–Trinajstić information content (AvgIpc) is 2.66. The summed E-state index contributed by atoms with van der Waals surface area (Å²) in [7, 11) is 2.75. The third kappa shape index (κ3) is 3.80. The van der Waals surface area contributed by atoms with E-state index in [0.29, 0.717) is 15.0 Å². The van der Waals surface area contributed by atoms with Crippen LogP contribution in [0.5, 0.6) is 0 Å². The Kier molecular flexibility index (Phi) is 5.73. The summed E-state index contributed by atoms with van der Waals surface area (Å²) < 4.78 is 10.3. The van der Waals surface area contributed by atoms with Crippen LogP contribution in [0.4, 0.5) is 5.69 Å². The van der Waals surface area contributed by atoms with E-state index in [1.807, 2.05) is 20.8 Å². The lowest BCUT2D eigenvalue weighted by atomic mass is 9.94. The lowest BCUT2D eigenvalue weighted by molar-refractivity contribution is -0.119. The molecular weight excluding hydrogens is 346 g/mol. The number of carbonyl (C=O) groups is 2. The van der Waals surface area contributed by atoms with Crippen LogP contribution in [0.1, 0.15) is 35.3 Å². The molecule has 0 spiro atoms. The summed E-state index contributed by atoms with van der Waals surface area (Å²) in [5, 5.41) is 2.69. The summed E-state index contributed by atoms with van der Waals surface area (Å²) in [6.45, 7) is 6.02. The van der Waals surface area contributed by atoms with Gasteiger partial charge in [-0.2, -0.15) is 0 Å². The number of hydrogen-bond acceptors (Lipinski definition) is 5. The zero-order chi connectivity index (χ0) is 15.5.